The van der Waals surface area contributed by atoms with Crippen LogP contribution in [0.1, 0.15) is 41.6 Å². The molecule has 1 aliphatic carbocycles. The lowest BCUT2D eigenvalue weighted by Crippen LogP contribution is -2.38. The minimum atomic E-state index is -3.61. The van der Waals surface area contributed by atoms with Crippen molar-refractivity contribution in [2.75, 3.05) is 20.9 Å². The van der Waals surface area contributed by atoms with Gasteiger partial charge in [-0.1, -0.05) is 25.0 Å². The van der Waals surface area contributed by atoms with Crippen LogP contribution in [0.15, 0.2) is 47.4 Å². The number of carbonyl (C=O) groups is 1. The van der Waals surface area contributed by atoms with Crippen molar-refractivity contribution in [1.29, 1.82) is 0 Å². The summed E-state index contributed by atoms with van der Waals surface area (Å²) in [6.45, 7) is 0.641. The molecule has 160 valence electrons. The summed E-state index contributed by atoms with van der Waals surface area (Å²) < 4.78 is 37.0. The number of hydrogen-bond acceptors (Lipinski definition) is 5. The van der Waals surface area contributed by atoms with Crippen molar-refractivity contribution in [1.82, 2.24) is 9.21 Å². The molecule has 7 nitrogen and oxygen atoms in total. The van der Waals surface area contributed by atoms with Crippen LogP contribution in [-0.4, -0.2) is 50.5 Å². The van der Waals surface area contributed by atoms with Gasteiger partial charge in [0.05, 0.1) is 4.90 Å². The molecule has 0 bridgehead atoms. The molecule has 2 aliphatic rings. The van der Waals surface area contributed by atoms with E-state index in [2.05, 4.69) is 0 Å². The Kier molecular flexibility index (Phi) is 5.71. The van der Waals surface area contributed by atoms with Gasteiger partial charge in [0.1, 0.15) is 0 Å². The predicted octanol–water partition coefficient (Wildman–Crippen LogP) is 3.25. The highest BCUT2D eigenvalue weighted by Gasteiger charge is 2.29. The maximum absolute atomic E-state index is 13.5. The second-order valence-corrected chi connectivity index (χ2v) is 10.0. The zero-order valence-electron chi connectivity index (χ0n) is 17.2. The van der Waals surface area contributed by atoms with E-state index >= 15 is 0 Å². The van der Waals surface area contributed by atoms with E-state index in [0.717, 1.165) is 35.6 Å². The van der Waals surface area contributed by atoms with E-state index in [0.29, 0.717) is 23.6 Å². The minimum absolute atomic E-state index is 0.118. The van der Waals surface area contributed by atoms with E-state index in [1.807, 2.05) is 23.1 Å². The van der Waals surface area contributed by atoms with Crippen LogP contribution in [0.4, 0.5) is 0 Å². The summed E-state index contributed by atoms with van der Waals surface area (Å²) in [6.07, 6.45) is 4.08. The largest absolute Gasteiger partial charge is 0.454 e. The molecule has 1 fully saturated rings. The molecule has 1 saturated carbocycles. The standard InChI is InChI=1S/C22H26N2O5S/c1-23(2)30(26,27)19-9-5-6-17(13-19)22(25)24(18-7-3-4-8-18)14-16-10-11-20-21(12-16)29-15-28-20/h5-6,9-13,18H,3-4,7-8,14-15H2,1-2H3. The van der Waals surface area contributed by atoms with Crippen LogP contribution in [0.2, 0.25) is 0 Å². The Bertz CT molecular complexity index is 1050. The summed E-state index contributed by atoms with van der Waals surface area (Å²) in [5.41, 5.74) is 1.34. The highest BCUT2D eigenvalue weighted by Crippen LogP contribution is 2.34. The van der Waals surface area contributed by atoms with E-state index in [1.165, 1.54) is 26.2 Å². The lowest BCUT2D eigenvalue weighted by molar-refractivity contribution is 0.0664. The zero-order chi connectivity index (χ0) is 21.3. The molecule has 4 rings (SSSR count). The second-order valence-electron chi connectivity index (χ2n) is 7.87. The fourth-order valence-corrected chi connectivity index (χ4v) is 4.93. The van der Waals surface area contributed by atoms with Crippen molar-refractivity contribution in [2.24, 2.45) is 0 Å². The maximum Gasteiger partial charge on any atom is 0.254 e. The van der Waals surface area contributed by atoms with Gasteiger partial charge >= 0.3 is 0 Å². The number of ether oxygens (including phenoxy) is 2. The number of amides is 1. The smallest absolute Gasteiger partial charge is 0.254 e. The average molecular weight is 431 g/mol. The quantitative estimate of drug-likeness (QED) is 0.703. The third kappa shape index (κ3) is 4.02. The van der Waals surface area contributed by atoms with Gasteiger partial charge in [-0.15, -0.1) is 0 Å². The summed E-state index contributed by atoms with van der Waals surface area (Å²) in [4.78, 5) is 15.5. The van der Waals surface area contributed by atoms with E-state index in [9.17, 15) is 13.2 Å². The molecule has 0 atom stereocenters. The average Bonchev–Trinajstić information content (AvgIpc) is 3.43. The van der Waals surface area contributed by atoms with Crippen molar-refractivity contribution in [2.45, 2.75) is 43.2 Å². The van der Waals surface area contributed by atoms with Gasteiger partial charge in [-0.05, 0) is 48.7 Å². The summed E-state index contributed by atoms with van der Waals surface area (Å²) in [5, 5.41) is 0. The van der Waals surface area contributed by atoms with Crippen LogP contribution in [0, 0.1) is 0 Å². The van der Waals surface area contributed by atoms with Gasteiger partial charge in [0.2, 0.25) is 16.8 Å². The number of hydrogen-bond donors (Lipinski definition) is 0. The summed E-state index contributed by atoms with van der Waals surface area (Å²) in [7, 11) is -0.650. The molecular weight excluding hydrogens is 404 g/mol. The van der Waals surface area contributed by atoms with Gasteiger partial charge in [0.25, 0.3) is 5.91 Å². The summed E-state index contributed by atoms with van der Waals surface area (Å²) in [5.74, 6) is 1.24. The molecule has 30 heavy (non-hydrogen) atoms. The van der Waals surface area contributed by atoms with Crippen LogP contribution in [-0.2, 0) is 16.6 Å². The molecule has 2 aromatic rings. The molecule has 0 unspecified atom stereocenters. The Morgan fingerprint density at radius 1 is 1.03 bits per heavy atom. The molecular formula is C22H26N2O5S. The molecule has 1 heterocycles. The lowest BCUT2D eigenvalue weighted by atomic mass is 10.1. The Balaban J connectivity index is 1.64. The molecule has 0 N–H and O–H groups in total. The van der Waals surface area contributed by atoms with Crippen LogP contribution in [0.3, 0.4) is 0 Å². The lowest BCUT2D eigenvalue weighted by Gasteiger charge is -2.29. The minimum Gasteiger partial charge on any atom is -0.454 e. The number of fused-ring (bicyclic) bond motifs is 1. The fraction of sp³-hybridized carbons (Fsp3) is 0.409. The number of benzene rings is 2. The van der Waals surface area contributed by atoms with Gasteiger partial charge in [-0.25, -0.2) is 12.7 Å². The molecule has 0 aromatic heterocycles. The van der Waals surface area contributed by atoms with Gasteiger partial charge in [-0.3, -0.25) is 4.79 Å². The van der Waals surface area contributed by atoms with Crippen molar-refractivity contribution >= 4 is 15.9 Å². The Morgan fingerprint density at radius 3 is 2.50 bits per heavy atom. The van der Waals surface area contributed by atoms with Gasteiger partial charge in [0, 0.05) is 32.2 Å². The molecule has 1 amide bonds. The van der Waals surface area contributed by atoms with E-state index < -0.39 is 10.0 Å². The van der Waals surface area contributed by atoms with Crippen LogP contribution in [0.5, 0.6) is 11.5 Å². The first kappa shape index (κ1) is 20.7. The molecule has 0 spiro atoms. The van der Waals surface area contributed by atoms with Gasteiger partial charge < -0.3 is 14.4 Å². The molecule has 2 aromatic carbocycles. The Morgan fingerprint density at radius 2 is 1.77 bits per heavy atom. The van der Waals surface area contributed by atoms with Crippen molar-refractivity contribution in [3.05, 3.63) is 53.6 Å². The molecule has 0 saturated heterocycles. The first-order valence-electron chi connectivity index (χ1n) is 10.1. The van der Waals surface area contributed by atoms with Gasteiger partial charge in [-0.2, -0.15) is 0 Å². The number of nitrogens with zero attached hydrogens (tertiary/aromatic N) is 2. The molecule has 1 aliphatic heterocycles. The Hall–Kier alpha value is -2.58. The molecule has 8 heteroatoms. The topological polar surface area (TPSA) is 76.2 Å². The third-order valence-electron chi connectivity index (χ3n) is 5.68. The highest BCUT2D eigenvalue weighted by molar-refractivity contribution is 7.89. The van der Waals surface area contributed by atoms with E-state index in [-0.39, 0.29) is 23.6 Å². The van der Waals surface area contributed by atoms with Crippen molar-refractivity contribution < 1.29 is 22.7 Å². The number of sulfonamides is 1. The first-order chi connectivity index (χ1) is 14.4. The second kappa shape index (κ2) is 8.28. The zero-order valence-corrected chi connectivity index (χ0v) is 18.0. The summed E-state index contributed by atoms with van der Waals surface area (Å²) >= 11 is 0. The third-order valence-corrected chi connectivity index (χ3v) is 7.49. The SMILES string of the molecule is CN(C)S(=O)(=O)c1cccc(C(=O)N(Cc2ccc3c(c2)OCO3)C2CCCC2)c1. The number of carbonyl (C=O) groups excluding carboxylic acids is 1. The van der Waals surface area contributed by atoms with Crippen LogP contribution in [0.25, 0.3) is 0 Å². The summed E-state index contributed by atoms with van der Waals surface area (Å²) in [6, 6.07) is 12.1. The monoisotopic (exact) mass is 430 g/mol. The normalized spacial score (nSPS) is 16.2. The van der Waals surface area contributed by atoms with Gasteiger partial charge in [0.15, 0.2) is 11.5 Å². The predicted molar refractivity (Wildman–Crippen MR) is 112 cm³/mol. The number of rotatable bonds is 6. The highest BCUT2D eigenvalue weighted by atomic mass is 32.2. The van der Waals surface area contributed by atoms with E-state index in [4.69, 9.17) is 9.47 Å². The van der Waals surface area contributed by atoms with Crippen molar-refractivity contribution in [3.63, 3.8) is 0 Å². The van der Waals surface area contributed by atoms with Crippen molar-refractivity contribution in [3.8, 4) is 11.5 Å². The van der Waals surface area contributed by atoms with Crippen LogP contribution < -0.4 is 9.47 Å². The molecule has 0 radical (unpaired) electrons. The Labute approximate surface area is 177 Å². The van der Waals surface area contributed by atoms with E-state index in [1.54, 1.807) is 12.1 Å². The van der Waals surface area contributed by atoms with Crippen LogP contribution >= 0.6 is 0 Å². The maximum atomic E-state index is 13.5. The first-order valence-corrected chi connectivity index (χ1v) is 11.5. The fourth-order valence-electron chi connectivity index (χ4n) is 3.98.